The highest BCUT2D eigenvalue weighted by Crippen LogP contribution is 2.38. The zero-order valence-corrected chi connectivity index (χ0v) is 18.2. The average molecular weight is 434 g/mol. The van der Waals surface area contributed by atoms with Gasteiger partial charge in [0, 0.05) is 37.2 Å². The summed E-state index contributed by atoms with van der Waals surface area (Å²) in [4.78, 5) is 26.2. The number of aliphatic hydroxyl groups excluding tert-OH is 1. The summed E-state index contributed by atoms with van der Waals surface area (Å²) in [6.45, 7) is 7.86. The molecule has 0 amide bonds. The molecule has 2 aliphatic heterocycles. The summed E-state index contributed by atoms with van der Waals surface area (Å²) >= 11 is 0. The number of benzene rings is 1. The van der Waals surface area contributed by atoms with E-state index in [9.17, 15) is 19.8 Å². The van der Waals surface area contributed by atoms with Crippen molar-refractivity contribution in [3.05, 3.63) is 39.5 Å². The van der Waals surface area contributed by atoms with Crippen LogP contribution in [0.4, 0.5) is 0 Å². The topological polar surface area (TPSA) is 106 Å². The molecule has 0 aromatic heterocycles. The SMILES string of the molecule is CC(=CCc1c(O)c2c(c(C)c1CO)COC2=O)CCC(=O)OCCN1CCOCC1. The number of esters is 2. The van der Waals surface area contributed by atoms with Gasteiger partial charge in [0.2, 0.25) is 0 Å². The molecule has 0 unspecified atom stereocenters. The van der Waals surface area contributed by atoms with E-state index in [0.717, 1.165) is 37.4 Å². The van der Waals surface area contributed by atoms with Crippen LogP contribution in [-0.2, 0) is 38.6 Å². The largest absolute Gasteiger partial charge is 0.507 e. The third-order valence-electron chi connectivity index (χ3n) is 5.96. The van der Waals surface area contributed by atoms with E-state index in [1.54, 1.807) is 0 Å². The highest BCUT2D eigenvalue weighted by molar-refractivity contribution is 5.97. The number of fused-ring (bicyclic) bond motifs is 1. The van der Waals surface area contributed by atoms with Crippen LogP contribution >= 0.6 is 0 Å². The molecule has 0 radical (unpaired) electrons. The van der Waals surface area contributed by atoms with Crippen molar-refractivity contribution in [2.24, 2.45) is 0 Å². The molecular weight excluding hydrogens is 402 g/mol. The number of aliphatic hydroxyl groups is 1. The Morgan fingerprint density at radius 3 is 2.68 bits per heavy atom. The molecule has 1 fully saturated rings. The quantitative estimate of drug-likeness (QED) is 0.450. The molecule has 3 rings (SSSR count). The first kappa shape index (κ1) is 23.2. The van der Waals surface area contributed by atoms with E-state index >= 15 is 0 Å². The fourth-order valence-corrected chi connectivity index (χ4v) is 3.94. The van der Waals surface area contributed by atoms with Gasteiger partial charge in [0.05, 0.1) is 19.8 Å². The first-order chi connectivity index (χ1) is 14.9. The number of carbonyl (C=O) groups excluding carboxylic acids is 2. The van der Waals surface area contributed by atoms with Crippen molar-refractivity contribution in [3.8, 4) is 5.75 Å². The molecule has 8 nitrogen and oxygen atoms in total. The number of nitrogens with zero attached hydrogens (tertiary/aromatic N) is 1. The van der Waals surface area contributed by atoms with Gasteiger partial charge in [0.1, 0.15) is 24.5 Å². The molecular formula is C23H31NO7. The van der Waals surface area contributed by atoms with E-state index in [1.165, 1.54) is 0 Å². The first-order valence-electron chi connectivity index (χ1n) is 10.7. The van der Waals surface area contributed by atoms with Gasteiger partial charge >= 0.3 is 11.9 Å². The molecule has 0 bridgehead atoms. The van der Waals surface area contributed by atoms with Gasteiger partial charge in [0.15, 0.2) is 0 Å². The summed E-state index contributed by atoms with van der Waals surface area (Å²) in [5, 5.41) is 20.4. The maximum atomic E-state index is 12.0. The van der Waals surface area contributed by atoms with Gasteiger partial charge in [-0.25, -0.2) is 4.79 Å². The standard InChI is InChI=1S/C23H31NO7/c1-15(4-6-20(26)30-12-9-24-7-10-29-11-8-24)3-5-17-18(13-25)16(2)19-14-31-23(28)21(19)22(17)27/h3,25,27H,4-14H2,1-2H3. The molecule has 0 atom stereocenters. The zero-order valence-electron chi connectivity index (χ0n) is 18.2. The predicted octanol–water partition coefficient (Wildman–Crippen LogP) is 2.01. The third kappa shape index (κ3) is 5.64. The number of aromatic hydroxyl groups is 1. The number of phenolic OH excluding ortho intramolecular Hbond substituents is 1. The van der Waals surface area contributed by atoms with Crippen molar-refractivity contribution in [1.82, 2.24) is 4.90 Å². The normalized spacial score (nSPS) is 16.9. The molecule has 1 aromatic carbocycles. The number of allylic oxidation sites excluding steroid dienone is 2. The number of ether oxygens (including phenoxy) is 3. The molecule has 1 saturated heterocycles. The van der Waals surface area contributed by atoms with Gasteiger partial charge in [-0.2, -0.15) is 0 Å². The van der Waals surface area contributed by atoms with Crippen LogP contribution in [0.5, 0.6) is 5.75 Å². The summed E-state index contributed by atoms with van der Waals surface area (Å²) in [5.41, 5.74) is 3.70. The number of rotatable bonds is 9. The van der Waals surface area contributed by atoms with E-state index in [1.807, 2.05) is 19.9 Å². The van der Waals surface area contributed by atoms with Gasteiger partial charge in [-0.15, -0.1) is 0 Å². The van der Waals surface area contributed by atoms with Gasteiger partial charge < -0.3 is 24.4 Å². The zero-order chi connectivity index (χ0) is 22.4. The Labute approximate surface area is 182 Å². The van der Waals surface area contributed by atoms with Crippen molar-refractivity contribution in [1.29, 1.82) is 0 Å². The molecule has 2 heterocycles. The van der Waals surface area contributed by atoms with E-state index in [0.29, 0.717) is 42.7 Å². The van der Waals surface area contributed by atoms with Crippen molar-refractivity contribution < 1.29 is 34.0 Å². The minimum atomic E-state index is -0.540. The molecule has 0 spiro atoms. The lowest BCUT2D eigenvalue weighted by Crippen LogP contribution is -2.38. The maximum Gasteiger partial charge on any atom is 0.342 e. The van der Waals surface area contributed by atoms with Crippen LogP contribution in [0, 0.1) is 6.92 Å². The molecule has 1 aromatic rings. The van der Waals surface area contributed by atoms with Crippen LogP contribution in [0.2, 0.25) is 0 Å². The first-order valence-corrected chi connectivity index (χ1v) is 10.7. The predicted molar refractivity (Wildman–Crippen MR) is 113 cm³/mol. The third-order valence-corrected chi connectivity index (χ3v) is 5.96. The number of cyclic esters (lactones) is 1. The van der Waals surface area contributed by atoms with Crippen LogP contribution < -0.4 is 0 Å². The number of hydrogen-bond acceptors (Lipinski definition) is 8. The lowest BCUT2D eigenvalue weighted by molar-refractivity contribution is -0.144. The van der Waals surface area contributed by atoms with Crippen LogP contribution in [0.3, 0.4) is 0 Å². The van der Waals surface area contributed by atoms with E-state index < -0.39 is 5.97 Å². The van der Waals surface area contributed by atoms with E-state index in [-0.39, 0.29) is 36.9 Å². The Bertz CT molecular complexity index is 856. The molecule has 31 heavy (non-hydrogen) atoms. The second-order valence-electron chi connectivity index (χ2n) is 7.95. The van der Waals surface area contributed by atoms with Gasteiger partial charge in [-0.05, 0) is 37.8 Å². The molecule has 2 aliphatic rings. The van der Waals surface area contributed by atoms with Crippen molar-refractivity contribution in [2.75, 3.05) is 39.5 Å². The fraction of sp³-hybridized carbons (Fsp3) is 0.565. The molecule has 8 heteroatoms. The minimum absolute atomic E-state index is 0.114. The van der Waals surface area contributed by atoms with Crippen LogP contribution in [0.15, 0.2) is 11.6 Å². The van der Waals surface area contributed by atoms with Gasteiger partial charge in [-0.3, -0.25) is 9.69 Å². The number of morpholine rings is 1. The van der Waals surface area contributed by atoms with Gasteiger partial charge in [-0.1, -0.05) is 11.6 Å². The lowest BCUT2D eigenvalue weighted by atomic mass is 9.90. The van der Waals surface area contributed by atoms with E-state index in [4.69, 9.17) is 14.2 Å². The van der Waals surface area contributed by atoms with Crippen molar-refractivity contribution in [2.45, 2.75) is 46.3 Å². The molecule has 0 aliphatic carbocycles. The Balaban J connectivity index is 1.53. The van der Waals surface area contributed by atoms with E-state index in [2.05, 4.69) is 4.90 Å². The highest BCUT2D eigenvalue weighted by atomic mass is 16.5. The van der Waals surface area contributed by atoms with Crippen molar-refractivity contribution >= 4 is 11.9 Å². The number of hydrogen-bond donors (Lipinski definition) is 2. The monoisotopic (exact) mass is 433 g/mol. The summed E-state index contributed by atoms with van der Waals surface area (Å²) in [6, 6.07) is 0. The maximum absolute atomic E-state index is 12.0. The summed E-state index contributed by atoms with van der Waals surface area (Å²) in [5.74, 6) is -0.906. The van der Waals surface area contributed by atoms with Crippen LogP contribution in [-0.4, -0.2) is 66.5 Å². The lowest BCUT2D eigenvalue weighted by Gasteiger charge is -2.26. The molecule has 0 saturated carbocycles. The second-order valence-corrected chi connectivity index (χ2v) is 7.95. The van der Waals surface area contributed by atoms with Crippen LogP contribution in [0.1, 0.15) is 52.4 Å². The van der Waals surface area contributed by atoms with Crippen LogP contribution in [0.25, 0.3) is 0 Å². The molecule has 170 valence electrons. The summed E-state index contributed by atoms with van der Waals surface area (Å²) in [6.07, 6.45) is 3.07. The minimum Gasteiger partial charge on any atom is -0.507 e. The van der Waals surface area contributed by atoms with Crippen molar-refractivity contribution in [3.63, 3.8) is 0 Å². The number of carbonyl (C=O) groups is 2. The Morgan fingerprint density at radius 1 is 1.23 bits per heavy atom. The summed E-state index contributed by atoms with van der Waals surface area (Å²) in [7, 11) is 0. The fourth-order valence-electron chi connectivity index (χ4n) is 3.94. The summed E-state index contributed by atoms with van der Waals surface area (Å²) < 4.78 is 15.7. The second kappa shape index (κ2) is 10.7. The number of phenols is 1. The van der Waals surface area contributed by atoms with Gasteiger partial charge in [0.25, 0.3) is 0 Å². The molecule has 2 N–H and O–H groups in total. The average Bonchev–Trinajstić information content (AvgIpc) is 3.16. The Morgan fingerprint density at radius 2 is 1.97 bits per heavy atom. The highest BCUT2D eigenvalue weighted by Gasteiger charge is 2.31. The Kier molecular flexibility index (Phi) is 8.06. The smallest absolute Gasteiger partial charge is 0.342 e. The Hall–Kier alpha value is -2.42.